The zero-order valence-electron chi connectivity index (χ0n) is 15.9. The van der Waals surface area contributed by atoms with E-state index in [1.807, 2.05) is 0 Å². The van der Waals surface area contributed by atoms with Crippen molar-refractivity contribution in [2.75, 3.05) is 18.2 Å². The second-order valence-corrected chi connectivity index (χ2v) is 7.90. The van der Waals surface area contributed by atoms with E-state index in [2.05, 4.69) is 21.9 Å². The molecule has 3 N–H and O–H groups in total. The van der Waals surface area contributed by atoms with E-state index in [1.54, 1.807) is 24.3 Å². The van der Waals surface area contributed by atoms with E-state index in [-0.39, 0.29) is 17.1 Å². The number of ketones is 1. The molecule has 2 aromatic rings. The Balaban J connectivity index is 1.91. The number of hydrogen-bond donors (Lipinski definition) is 3. The SMILES string of the molecule is C=CCSc1nc2c(c(=O)[nH]1)[C@H](c1ccc(OC)c(O)c1)C1=C(CCCC1=O)N2. The van der Waals surface area contributed by atoms with E-state index in [9.17, 15) is 14.7 Å². The Kier molecular flexibility index (Phi) is 5.19. The van der Waals surface area contributed by atoms with Crippen LogP contribution in [0.4, 0.5) is 5.82 Å². The van der Waals surface area contributed by atoms with Crippen molar-refractivity contribution in [3.05, 3.63) is 63.6 Å². The van der Waals surface area contributed by atoms with Crippen molar-refractivity contribution in [3.63, 3.8) is 0 Å². The predicted octanol–water partition coefficient (Wildman–Crippen LogP) is 3.33. The molecule has 7 nitrogen and oxygen atoms in total. The fourth-order valence-electron chi connectivity index (χ4n) is 3.87. The number of nitrogens with one attached hydrogen (secondary N) is 2. The van der Waals surface area contributed by atoms with Gasteiger partial charge in [0.05, 0.1) is 12.7 Å². The molecule has 1 atom stereocenters. The number of methoxy groups -OCH3 is 1. The van der Waals surface area contributed by atoms with Crippen LogP contribution in [0.25, 0.3) is 0 Å². The smallest absolute Gasteiger partial charge is 0.257 e. The molecule has 2 heterocycles. The monoisotopic (exact) mass is 411 g/mol. The molecule has 0 unspecified atom stereocenters. The summed E-state index contributed by atoms with van der Waals surface area (Å²) in [7, 11) is 1.47. The molecular weight excluding hydrogens is 390 g/mol. The largest absolute Gasteiger partial charge is 0.504 e. The molecule has 0 radical (unpaired) electrons. The summed E-state index contributed by atoms with van der Waals surface area (Å²) in [4.78, 5) is 33.2. The molecule has 2 aliphatic rings. The van der Waals surface area contributed by atoms with Crippen LogP contribution in [0, 0.1) is 0 Å². The molecule has 150 valence electrons. The van der Waals surface area contributed by atoms with Crippen molar-refractivity contribution in [2.24, 2.45) is 0 Å². The summed E-state index contributed by atoms with van der Waals surface area (Å²) >= 11 is 1.38. The highest BCUT2D eigenvalue weighted by atomic mass is 32.2. The minimum Gasteiger partial charge on any atom is -0.504 e. The number of hydrogen-bond acceptors (Lipinski definition) is 7. The fourth-order valence-corrected chi connectivity index (χ4v) is 4.46. The van der Waals surface area contributed by atoms with Gasteiger partial charge in [0.25, 0.3) is 5.56 Å². The van der Waals surface area contributed by atoms with Gasteiger partial charge in [0.2, 0.25) is 0 Å². The van der Waals surface area contributed by atoms with E-state index >= 15 is 0 Å². The molecule has 1 aliphatic heterocycles. The molecule has 1 aromatic carbocycles. The van der Waals surface area contributed by atoms with Crippen LogP contribution in [0.2, 0.25) is 0 Å². The van der Waals surface area contributed by atoms with Crippen LogP contribution in [0.5, 0.6) is 11.5 Å². The number of benzene rings is 1. The number of aromatic hydroxyl groups is 1. The Morgan fingerprint density at radius 3 is 2.93 bits per heavy atom. The van der Waals surface area contributed by atoms with Gasteiger partial charge in [-0.25, -0.2) is 4.98 Å². The summed E-state index contributed by atoms with van der Waals surface area (Å²) in [5.41, 5.74) is 2.09. The lowest BCUT2D eigenvalue weighted by Crippen LogP contribution is -2.32. The van der Waals surface area contributed by atoms with Crippen LogP contribution in [0.1, 0.15) is 36.3 Å². The number of carbonyl (C=O) groups excluding carboxylic acids is 1. The first-order chi connectivity index (χ1) is 14.0. The molecular formula is C21H21N3O4S. The van der Waals surface area contributed by atoms with Crippen molar-refractivity contribution in [2.45, 2.75) is 30.3 Å². The lowest BCUT2D eigenvalue weighted by atomic mass is 9.76. The highest BCUT2D eigenvalue weighted by Crippen LogP contribution is 2.44. The first kappa shape index (κ1) is 19.3. The normalized spacial score (nSPS) is 18.0. The van der Waals surface area contributed by atoms with Crippen LogP contribution in [-0.2, 0) is 4.79 Å². The number of rotatable bonds is 5. The highest BCUT2D eigenvalue weighted by molar-refractivity contribution is 7.99. The number of allylic oxidation sites excluding steroid dienone is 2. The zero-order chi connectivity index (χ0) is 20.5. The van der Waals surface area contributed by atoms with Crippen molar-refractivity contribution in [1.82, 2.24) is 9.97 Å². The summed E-state index contributed by atoms with van der Waals surface area (Å²) in [6.07, 6.45) is 3.64. The van der Waals surface area contributed by atoms with Crippen molar-refractivity contribution < 1.29 is 14.6 Å². The Hall–Kier alpha value is -3.00. The maximum Gasteiger partial charge on any atom is 0.257 e. The molecule has 1 aromatic heterocycles. The van der Waals surface area contributed by atoms with Gasteiger partial charge in [0.1, 0.15) is 5.82 Å². The van der Waals surface area contributed by atoms with Crippen LogP contribution in [0.15, 0.2) is 52.1 Å². The third kappa shape index (κ3) is 3.44. The summed E-state index contributed by atoms with van der Waals surface area (Å²) in [5.74, 6) is 0.765. The average Bonchev–Trinajstić information content (AvgIpc) is 2.71. The molecule has 0 bridgehead atoms. The number of anilines is 1. The van der Waals surface area contributed by atoms with Crippen molar-refractivity contribution in [3.8, 4) is 11.5 Å². The lowest BCUT2D eigenvalue weighted by Gasteiger charge is -2.32. The molecule has 0 saturated heterocycles. The van der Waals surface area contributed by atoms with Gasteiger partial charge in [-0.05, 0) is 30.5 Å². The van der Waals surface area contributed by atoms with E-state index < -0.39 is 5.92 Å². The number of fused-ring (bicyclic) bond motifs is 1. The quantitative estimate of drug-likeness (QED) is 0.394. The maximum atomic E-state index is 13.0. The Labute approximate surface area is 171 Å². The maximum absolute atomic E-state index is 13.0. The number of carbonyl (C=O) groups is 1. The number of aromatic amines is 1. The van der Waals surface area contributed by atoms with Crippen LogP contribution in [-0.4, -0.2) is 33.7 Å². The van der Waals surface area contributed by atoms with Crippen molar-refractivity contribution >= 4 is 23.4 Å². The first-order valence-electron chi connectivity index (χ1n) is 9.31. The van der Waals surface area contributed by atoms with Crippen LogP contribution >= 0.6 is 11.8 Å². The minimum atomic E-state index is -0.597. The number of nitrogens with zero attached hydrogens (tertiary/aromatic N) is 1. The Bertz CT molecular complexity index is 1090. The molecule has 0 spiro atoms. The van der Waals surface area contributed by atoms with Gasteiger partial charge in [-0.2, -0.15) is 0 Å². The second kappa shape index (κ2) is 7.79. The van der Waals surface area contributed by atoms with E-state index in [0.29, 0.717) is 52.0 Å². The van der Waals surface area contributed by atoms with E-state index in [4.69, 9.17) is 4.74 Å². The second-order valence-electron chi connectivity index (χ2n) is 6.89. The summed E-state index contributed by atoms with van der Waals surface area (Å²) in [6, 6.07) is 4.95. The predicted molar refractivity (Wildman–Crippen MR) is 112 cm³/mol. The Morgan fingerprint density at radius 1 is 1.38 bits per heavy atom. The zero-order valence-corrected chi connectivity index (χ0v) is 16.8. The first-order valence-corrected chi connectivity index (χ1v) is 10.3. The van der Waals surface area contributed by atoms with E-state index in [0.717, 1.165) is 12.1 Å². The Morgan fingerprint density at radius 2 is 2.21 bits per heavy atom. The molecule has 8 heteroatoms. The lowest BCUT2D eigenvalue weighted by molar-refractivity contribution is -0.116. The molecule has 0 amide bonds. The van der Waals surface area contributed by atoms with Gasteiger partial charge in [0.15, 0.2) is 22.4 Å². The van der Waals surface area contributed by atoms with Crippen LogP contribution < -0.4 is 15.6 Å². The summed E-state index contributed by atoms with van der Waals surface area (Å²) < 4.78 is 5.13. The third-order valence-corrected chi connectivity index (χ3v) is 5.98. The fraction of sp³-hybridized carbons (Fsp3) is 0.286. The van der Waals surface area contributed by atoms with Gasteiger partial charge in [0, 0.05) is 29.4 Å². The number of Topliss-reactive ketones (excluding diaryl/α,β-unsaturated/α-hetero) is 1. The number of phenolic OH excluding ortho intramolecular Hbond substituents is 1. The standard InChI is InChI=1S/C21H21N3O4S/c1-3-9-29-21-23-19-18(20(27)24-21)16(11-7-8-15(28-2)14(26)10-11)17-12(22-19)5-4-6-13(17)25/h3,7-8,10,16,26H,1,4-6,9H2,2H3,(H2,22,23,24,27)/t16-/m1/s1. The molecule has 0 fully saturated rings. The third-order valence-electron chi connectivity index (χ3n) is 5.11. The number of phenols is 1. The molecule has 1 aliphatic carbocycles. The summed E-state index contributed by atoms with van der Waals surface area (Å²) in [5, 5.41) is 14.0. The number of thioether (sulfide) groups is 1. The van der Waals surface area contributed by atoms with Gasteiger partial charge in [-0.1, -0.05) is 23.9 Å². The number of H-pyrrole nitrogens is 1. The van der Waals surface area contributed by atoms with Crippen LogP contribution in [0.3, 0.4) is 0 Å². The number of ether oxygens (including phenoxy) is 1. The minimum absolute atomic E-state index is 0.00853. The molecule has 0 saturated carbocycles. The number of aromatic nitrogens is 2. The summed E-state index contributed by atoms with van der Waals surface area (Å²) in [6.45, 7) is 3.69. The van der Waals surface area contributed by atoms with Gasteiger partial charge < -0.3 is 20.1 Å². The van der Waals surface area contributed by atoms with Crippen molar-refractivity contribution in [1.29, 1.82) is 0 Å². The molecule has 29 heavy (non-hydrogen) atoms. The topological polar surface area (TPSA) is 104 Å². The van der Waals surface area contributed by atoms with Gasteiger partial charge in [-0.3, -0.25) is 9.59 Å². The van der Waals surface area contributed by atoms with Gasteiger partial charge >= 0.3 is 0 Å². The highest BCUT2D eigenvalue weighted by Gasteiger charge is 2.38. The molecule has 4 rings (SSSR count). The average molecular weight is 411 g/mol. The van der Waals surface area contributed by atoms with Gasteiger partial charge in [-0.15, -0.1) is 6.58 Å². The van der Waals surface area contributed by atoms with E-state index in [1.165, 1.54) is 18.9 Å².